The zero-order chi connectivity index (χ0) is 60.6. The third-order valence-electron chi connectivity index (χ3n) is 13.5. The molecule has 4 aliphatic rings. The van der Waals surface area contributed by atoms with Crippen LogP contribution >= 0.6 is 23.2 Å². The first-order valence-corrected chi connectivity index (χ1v) is 27.2. The van der Waals surface area contributed by atoms with E-state index in [2.05, 4.69) is 29.1 Å². The van der Waals surface area contributed by atoms with Crippen LogP contribution in [-0.4, -0.2) is 204 Å². The third-order valence-corrected chi connectivity index (χ3v) is 14.1. The van der Waals surface area contributed by atoms with E-state index in [-0.39, 0.29) is 136 Å². The van der Waals surface area contributed by atoms with Gasteiger partial charge < -0.3 is 71.7 Å². The van der Waals surface area contributed by atoms with Crippen molar-refractivity contribution in [2.45, 2.75) is 57.8 Å². The van der Waals surface area contributed by atoms with E-state index in [1.807, 2.05) is 56.1 Å². The maximum absolute atomic E-state index is 15.4. The summed E-state index contributed by atoms with van der Waals surface area (Å²) >= 11 is 12.7. The van der Waals surface area contributed by atoms with Gasteiger partial charge in [0, 0.05) is 60.5 Å². The number of ether oxygens (including phenoxy) is 10. The molecule has 3 fully saturated rings. The summed E-state index contributed by atoms with van der Waals surface area (Å²) in [6.07, 6.45) is 2.32. The van der Waals surface area contributed by atoms with Crippen molar-refractivity contribution in [2.24, 2.45) is 5.41 Å². The molecule has 2 aliphatic carbocycles. The van der Waals surface area contributed by atoms with Crippen LogP contribution in [0.4, 0.5) is 9.59 Å². The summed E-state index contributed by atoms with van der Waals surface area (Å²) in [5.74, 6) is 1.18. The lowest BCUT2D eigenvalue weighted by Gasteiger charge is -2.56. The molecule has 1 spiro atoms. The molecule has 0 N–H and O–H groups in total. The summed E-state index contributed by atoms with van der Waals surface area (Å²) in [4.78, 5) is 103. The smallest absolute Gasteiger partial charge is 0.490 e. The summed E-state index contributed by atoms with van der Waals surface area (Å²) < 4.78 is 52.8. The number of carbonyl (C=O) groups excluding carboxylic acids is 4. The highest BCUT2D eigenvalue weighted by Gasteiger charge is 2.69. The van der Waals surface area contributed by atoms with Crippen molar-refractivity contribution in [3.8, 4) is 17.4 Å². The van der Waals surface area contributed by atoms with Gasteiger partial charge in [0.1, 0.15) is 71.8 Å². The molecule has 2 aliphatic heterocycles. The van der Waals surface area contributed by atoms with Gasteiger partial charge in [-0.3, -0.25) is 14.5 Å². The molecule has 3 aromatic rings. The Bertz CT molecular complexity index is 2740. The lowest BCUT2D eigenvalue weighted by atomic mass is 9.66. The average molecular weight is 1230 g/mol. The van der Waals surface area contributed by atoms with E-state index < -0.39 is 32.9 Å². The number of nitrogens with zero attached hydrogens (tertiary/aromatic N) is 7. The summed E-state index contributed by atoms with van der Waals surface area (Å²) in [6.45, 7) is 4.88. The number of rotatable bonds is 36. The quantitative estimate of drug-likeness (QED) is 0.0178. The van der Waals surface area contributed by atoms with Crippen LogP contribution in [0.1, 0.15) is 41.5 Å². The first kappa shape index (κ1) is 65.4. The second kappa shape index (κ2) is 32.9. The molecular weight excluding hydrogens is 1160 g/mol. The van der Waals surface area contributed by atoms with Crippen LogP contribution in [0.2, 0.25) is 10.0 Å². The number of likely N-dealkylation sites (tertiary alicyclic amines) is 2. The lowest BCUT2D eigenvalue weighted by molar-refractivity contribution is -0.758. The zero-order valence-corrected chi connectivity index (χ0v) is 47.8. The predicted octanol–water partition coefficient (Wildman–Crippen LogP) is 5.30. The Morgan fingerprint density at radius 3 is 1.86 bits per heavy atom. The number of hydrogen-bond donors (Lipinski definition) is 0. The largest absolute Gasteiger partial charge is 0.508 e. The Morgan fingerprint density at radius 1 is 0.726 bits per heavy atom. The highest BCUT2D eigenvalue weighted by Crippen LogP contribution is 2.62. The van der Waals surface area contributed by atoms with E-state index in [1.54, 1.807) is 23.2 Å². The molecule has 1 aromatic heterocycles. The minimum absolute atomic E-state index is 0.00784. The minimum Gasteiger partial charge on any atom is -0.490 e. The molecule has 0 bridgehead atoms. The zero-order valence-electron chi connectivity index (χ0n) is 46.3. The topological polar surface area (TPSA) is 340 Å². The van der Waals surface area contributed by atoms with Gasteiger partial charge >= 0.3 is 12.2 Å². The van der Waals surface area contributed by atoms with Crippen LogP contribution in [-0.2, 0) is 63.8 Å². The number of pyridine rings is 1. The van der Waals surface area contributed by atoms with Crippen LogP contribution in [0.3, 0.4) is 0 Å². The van der Waals surface area contributed by atoms with Gasteiger partial charge in [-0.05, 0) is 92.8 Å². The van der Waals surface area contributed by atoms with Crippen LogP contribution < -0.4 is 14.2 Å². The first-order chi connectivity index (χ1) is 40.4. The summed E-state index contributed by atoms with van der Waals surface area (Å²) in [6, 6.07) is 12.6. The Balaban J connectivity index is 0.000000846. The maximum atomic E-state index is 15.4. The van der Waals surface area contributed by atoms with Gasteiger partial charge in [-0.1, -0.05) is 35.3 Å². The van der Waals surface area contributed by atoms with Crippen molar-refractivity contribution in [2.75, 3.05) is 126 Å². The number of aromatic nitrogens is 1. The van der Waals surface area contributed by atoms with Crippen LogP contribution in [0.5, 0.6) is 17.4 Å². The second-order valence-corrected chi connectivity index (χ2v) is 19.8. The Morgan fingerprint density at radius 2 is 1.27 bits per heavy atom. The average Bonchev–Trinajstić information content (AvgIpc) is 1.59. The highest BCUT2D eigenvalue weighted by atomic mass is 35.5. The summed E-state index contributed by atoms with van der Waals surface area (Å²) in [5.41, 5.74) is 4.36. The molecule has 1 saturated carbocycles. The molecule has 2 saturated heterocycles. The molecule has 460 valence electrons. The van der Waals surface area contributed by atoms with E-state index in [4.69, 9.17) is 65.8 Å². The van der Waals surface area contributed by atoms with Gasteiger partial charge in [0.25, 0.3) is 27.6 Å². The number of allylic oxidation sites excluding steroid dienone is 1. The van der Waals surface area contributed by atoms with E-state index in [0.29, 0.717) is 64.5 Å². The number of hydrogen-bond acceptors (Lipinski definition) is 25. The fourth-order valence-electron chi connectivity index (χ4n) is 9.80. The van der Waals surface area contributed by atoms with Gasteiger partial charge in [-0.25, -0.2) is 14.6 Å². The molecule has 3 heterocycles. The molecule has 32 heteroatoms. The monoisotopic (exact) mass is 1230 g/mol. The van der Waals surface area contributed by atoms with Gasteiger partial charge in [-0.2, -0.15) is 0 Å². The van der Waals surface area contributed by atoms with Crippen molar-refractivity contribution in [1.29, 1.82) is 0 Å². The van der Waals surface area contributed by atoms with Gasteiger partial charge in [0.2, 0.25) is 5.88 Å². The van der Waals surface area contributed by atoms with Crippen LogP contribution in [0, 0.1) is 49.6 Å². The highest BCUT2D eigenvalue weighted by molar-refractivity contribution is 6.37. The van der Waals surface area contributed by atoms with E-state index in [1.165, 1.54) is 0 Å². The standard InChI is InChI=1S/C47H56Cl2N6O17.C5H9NO6/c1-30-24-37(48)41(38(49)25-30)66-19-18-65-35-8-4-32(5-9-35)36-26-47-29-52(45(57)68-16-12-63-14-22-71-54(59)60)28-39(47)51(3)42(47)40(36)44(56)53(34-6-7-34)27-33-10-11-50-43(31(33)2)67-20-21-70-46(58)69-17-13-64-15-23-72-55(61)62;7-5-11-2-1-10-3-4-12-6(8)9/h4-5,8-11,24-25,34,39,42H,6-7,12-23,26-29H2,1-3H3;5H,1-4H2. The lowest BCUT2D eigenvalue weighted by Crippen LogP contribution is -2.69. The number of benzene rings is 2. The van der Waals surface area contributed by atoms with E-state index in [0.717, 1.165) is 35.1 Å². The maximum Gasteiger partial charge on any atom is 0.508 e. The predicted molar refractivity (Wildman–Crippen MR) is 290 cm³/mol. The molecule has 3 unspecified atom stereocenters. The molecule has 7 rings (SSSR count). The van der Waals surface area contributed by atoms with Crippen molar-refractivity contribution in [1.82, 2.24) is 19.7 Å². The number of amides is 2. The second-order valence-electron chi connectivity index (χ2n) is 19.0. The summed E-state index contributed by atoms with van der Waals surface area (Å²) in [5, 5.41) is 28.3. The van der Waals surface area contributed by atoms with Gasteiger partial charge in [-0.15, -0.1) is 30.3 Å². The minimum atomic E-state index is -0.944. The van der Waals surface area contributed by atoms with Gasteiger partial charge in [0.05, 0.1) is 49.7 Å². The van der Waals surface area contributed by atoms with Crippen molar-refractivity contribution >= 4 is 53.4 Å². The van der Waals surface area contributed by atoms with E-state index >= 15 is 4.79 Å². The molecule has 0 radical (unpaired) electrons. The molecule has 3 atom stereocenters. The fraction of sp³-hybridized carbons (Fsp3) is 0.558. The summed E-state index contributed by atoms with van der Waals surface area (Å²) in [7, 11) is 1.98. The Kier molecular flexibility index (Phi) is 25.6. The van der Waals surface area contributed by atoms with Gasteiger partial charge in [0.15, 0.2) is 5.75 Å². The number of likely N-dealkylation sites (N-methyl/N-ethyl adjacent to an activating group) is 1. The molecule has 2 amide bonds. The fourth-order valence-corrected chi connectivity index (χ4v) is 10.5. The van der Waals surface area contributed by atoms with E-state index in [9.17, 15) is 44.7 Å². The normalized spacial score (nSPS) is 17.5. The first-order valence-electron chi connectivity index (χ1n) is 26.4. The third kappa shape index (κ3) is 19.1. The molecular formula is C52H65Cl2N7O23. The molecule has 84 heavy (non-hydrogen) atoms. The number of aryl methyl sites for hydroxylation is 1. The van der Waals surface area contributed by atoms with Crippen molar-refractivity contribution in [3.05, 3.63) is 117 Å². The number of halogens is 2. The van der Waals surface area contributed by atoms with Crippen molar-refractivity contribution < 1.29 is 96.3 Å². The Labute approximate surface area is 491 Å². The molecule has 30 nitrogen and oxygen atoms in total. The van der Waals surface area contributed by atoms with Crippen molar-refractivity contribution in [3.63, 3.8) is 0 Å². The SMILES string of the molecule is Cc1cc(Cl)c(OCCOc2ccc(C3=C(C(=O)N(Cc4ccnc(OCCOC(=O)OCCOCCO[N+](=O)[O-])c4C)C4CC4)C4N(C)C5CN(C(=O)OCCOCCO[N+](=O)[O-])CC54C3)cc2)c(Cl)c1.O=COCCOCCO[N+](=O)[O-]. The number of carbonyl (C=O) groups is 4. The van der Waals surface area contributed by atoms with Crippen LogP contribution in [0.15, 0.2) is 54.2 Å². The van der Waals surface area contributed by atoms with Crippen LogP contribution in [0.25, 0.3) is 5.57 Å². The molecule has 2 aromatic carbocycles. The Hall–Kier alpha value is -7.77.